The number of amides is 2. The first kappa shape index (κ1) is 21.2. The van der Waals surface area contributed by atoms with Gasteiger partial charge in [-0.1, -0.05) is 23.7 Å². The lowest BCUT2D eigenvalue weighted by molar-refractivity contribution is 0.0818. The second kappa shape index (κ2) is 9.41. The number of nitrogens with one attached hydrogen (secondary N) is 2. The van der Waals surface area contributed by atoms with E-state index in [9.17, 15) is 9.59 Å². The summed E-state index contributed by atoms with van der Waals surface area (Å²) in [4.78, 5) is 30.3. The molecule has 7 nitrogen and oxygen atoms in total. The quantitative estimate of drug-likeness (QED) is 0.593. The summed E-state index contributed by atoms with van der Waals surface area (Å²) in [5, 5.41) is 4.16. The Hall–Kier alpha value is -3.03. The minimum atomic E-state index is -0.335. The molecule has 0 radical (unpaired) electrons. The van der Waals surface area contributed by atoms with Gasteiger partial charge >= 0.3 is 6.03 Å². The van der Waals surface area contributed by atoms with Gasteiger partial charge in [-0.15, -0.1) is 0 Å². The number of para-hydroxylation sites is 1. The monoisotopic (exact) mass is 441 g/mol. The number of anilines is 1. The SMILES string of the molecule is COc1ccc2cc(CN(CC3CCCO3)C(=O)Nc3ccccc3Cl)c(=O)[nH]c2c1. The van der Waals surface area contributed by atoms with Crippen LogP contribution in [0.2, 0.25) is 5.02 Å². The van der Waals surface area contributed by atoms with Crippen molar-refractivity contribution in [2.75, 3.05) is 25.6 Å². The van der Waals surface area contributed by atoms with Gasteiger partial charge in [-0.3, -0.25) is 4.79 Å². The van der Waals surface area contributed by atoms with Crippen molar-refractivity contribution >= 4 is 34.2 Å². The van der Waals surface area contributed by atoms with Gasteiger partial charge in [0.15, 0.2) is 0 Å². The zero-order chi connectivity index (χ0) is 21.8. The maximum atomic E-state index is 13.1. The summed E-state index contributed by atoms with van der Waals surface area (Å²) in [6, 6.07) is 14.0. The number of fused-ring (bicyclic) bond motifs is 1. The van der Waals surface area contributed by atoms with Crippen molar-refractivity contribution in [1.82, 2.24) is 9.88 Å². The first-order valence-corrected chi connectivity index (χ1v) is 10.5. The molecule has 2 aromatic carbocycles. The fourth-order valence-electron chi connectivity index (χ4n) is 3.69. The van der Waals surface area contributed by atoms with Crippen molar-refractivity contribution in [3.63, 3.8) is 0 Å². The van der Waals surface area contributed by atoms with Gasteiger partial charge in [-0.2, -0.15) is 0 Å². The minimum absolute atomic E-state index is 0.0548. The highest BCUT2D eigenvalue weighted by Gasteiger charge is 2.24. The molecule has 4 rings (SSSR count). The largest absolute Gasteiger partial charge is 0.497 e. The van der Waals surface area contributed by atoms with E-state index in [1.807, 2.05) is 12.1 Å². The number of aromatic nitrogens is 1. The van der Waals surface area contributed by atoms with Crippen LogP contribution in [0.3, 0.4) is 0 Å². The lowest BCUT2D eigenvalue weighted by Gasteiger charge is -2.26. The normalized spacial score (nSPS) is 15.7. The molecule has 2 amide bonds. The fraction of sp³-hybridized carbons (Fsp3) is 0.304. The Labute approximate surface area is 184 Å². The highest BCUT2D eigenvalue weighted by atomic mass is 35.5. The molecule has 162 valence electrons. The Morgan fingerprint density at radius 1 is 1.29 bits per heavy atom. The van der Waals surface area contributed by atoms with Crippen molar-refractivity contribution in [1.29, 1.82) is 0 Å². The number of hydrogen-bond acceptors (Lipinski definition) is 4. The predicted octanol–water partition coefficient (Wildman–Crippen LogP) is 4.40. The number of hydrogen-bond donors (Lipinski definition) is 2. The summed E-state index contributed by atoms with van der Waals surface area (Å²) < 4.78 is 10.9. The fourth-order valence-corrected chi connectivity index (χ4v) is 3.87. The van der Waals surface area contributed by atoms with Gasteiger partial charge in [0.1, 0.15) is 5.75 Å². The first-order valence-electron chi connectivity index (χ1n) is 10.2. The van der Waals surface area contributed by atoms with E-state index in [4.69, 9.17) is 21.1 Å². The molecule has 2 heterocycles. The highest BCUT2D eigenvalue weighted by Crippen LogP contribution is 2.23. The molecular weight excluding hydrogens is 418 g/mol. The van der Waals surface area contributed by atoms with E-state index in [0.717, 1.165) is 18.2 Å². The van der Waals surface area contributed by atoms with E-state index in [2.05, 4.69) is 10.3 Å². The van der Waals surface area contributed by atoms with E-state index in [-0.39, 0.29) is 24.2 Å². The molecule has 2 N–H and O–H groups in total. The van der Waals surface area contributed by atoms with Crippen molar-refractivity contribution < 1.29 is 14.3 Å². The van der Waals surface area contributed by atoms with E-state index in [0.29, 0.717) is 40.7 Å². The van der Waals surface area contributed by atoms with E-state index in [1.165, 1.54) is 0 Å². The molecule has 1 saturated heterocycles. The van der Waals surface area contributed by atoms with Crippen molar-refractivity contribution in [3.05, 3.63) is 69.5 Å². The summed E-state index contributed by atoms with van der Waals surface area (Å²) >= 11 is 6.20. The number of pyridine rings is 1. The minimum Gasteiger partial charge on any atom is -0.497 e. The molecule has 1 atom stereocenters. The van der Waals surface area contributed by atoms with Crippen LogP contribution in [0.1, 0.15) is 18.4 Å². The number of ether oxygens (including phenoxy) is 2. The number of carbonyl (C=O) groups excluding carboxylic acids is 1. The van der Waals surface area contributed by atoms with Crippen LogP contribution in [0.15, 0.2) is 53.3 Å². The van der Waals surface area contributed by atoms with Crippen LogP contribution in [0.4, 0.5) is 10.5 Å². The van der Waals surface area contributed by atoms with Crippen LogP contribution in [-0.2, 0) is 11.3 Å². The third-order valence-electron chi connectivity index (χ3n) is 5.34. The molecule has 1 aliphatic heterocycles. The second-order valence-electron chi connectivity index (χ2n) is 7.50. The van der Waals surface area contributed by atoms with Crippen molar-refractivity contribution in [2.45, 2.75) is 25.5 Å². The Morgan fingerprint density at radius 3 is 2.87 bits per heavy atom. The van der Waals surface area contributed by atoms with Gasteiger partial charge < -0.3 is 24.7 Å². The number of nitrogens with zero attached hydrogens (tertiary/aromatic N) is 1. The number of methoxy groups -OCH3 is 1. The highest BCUT2D eigenvalue weighted by molar-refractivity contribution is 6.33. The Balaban J connectivity index is 1.60. The first-order chi connectivity index (χ1) is 15.0. The standard InChI is InChI=1S/C23H24ClN3O4/c1-30-17-9-8-15-11-16(22(28)25-21(15)12-17)13-27(14-18-5-4-10-31-18)23(29)26-20-7-3-2-6-19(20)24/h2-3,6-9,11-12,18H,4-5,10,13-14H2,1H3,(H,25,28)(H,26,29). The van der Waals surface area contributed by atoms with Crippen LogP contribution in [0.5, 0.6) is 5.75 Å². The third kappa shape index (κ3) is 5.00. The molecule has 1 fully saturated rings. The molecule has 1 aliphatic rings. The number of halogens is 1. The lowest BCUT2D eigenvalue weighted by Crippen LogP contribution is -2.40. The number of aromatic amines is 1. The van der Waals surface area contributed by atoms with Crippen LogP contribution in [-0.4, -0.2) is 42.3 Å². The summed E-state index contributed by atoms with van der Waals surface area (Å²) in [5.74, 6) is 0.662. The molecule has 0 aliphatic carbocycles. The van der Waals surface area contributed by atoms with Crippen LogP contribution in [0.25, 0.3) is 10.9 Å². The molecule has 31 heavy (non-hydrogen) atoms. The predicted molar refractivity (Wildman–Crippen MR) is 121 cm³/mol. The van der Waals surface area contributed by atoms with Crippen LogP contribution < -0.4 is 15.6 Å². The zero-order valence-corrected chi connectivity index (χ0v) is 17.9. The molecule has 1 unspecified atom stereocenters. The van der Waals surface area contributed by atoms with Crippen molar-refractivity contribution in [2.24, 2.45) is 0 Å². The summed E-state index contributed by atoms with van der Waals surface area (Å²) in [7, 11) is 1.58. The van der Waals surface area contributed by atoms with Crippen LogP contribution >= 0.6 is 11.6 Å². The van der Waals surface area contributed by atoms with E-state index >= 15 is 0 Å². The molecular formula is C23H24ClN3O4. The average Bonchev–Trinajstić information content (AvgIpc) is 3.28. The third-order valence-corrected chi connectivity index (χ3v) is 5.67. The molecule has 0 saturated carbocycles. The Morgan fingerprint density at radius 2 is 2.13 bits per heavy atom. The van der Waals surface area contributed by atoms with Gasteiger partial charge in [0.05, 0.1) is 36.0 Å². The molecule has 0 bridgehead atoms. The number of urea groups is 1. The number of benzene rings is 2. The topological polar surface area (TPSA) is 83.7 Å². The summed E-state index contributed by atoms with van der Waals surface area (Å²) in [6.45, 7) is 1.22. The average molecular weight is 442 g/mol. The number of carbonyl (C=O) groups is 1. The zero-order valence-electron chi connectivity index (χ0n) is 17.2. The van der Waals surface area contributed by atoms with Gasteiger partial charge in [-0.25, -0.2) is 4.79 Å². The number of H-pyrrole nitrogens is 1. The van der Waals surface area contributed by atoms with E-state index in [1.54, 1.807) is 48.4 Å². The van der Waals surface area contributed by atoms with Crippen LogP contribution in [0, 0.1) is 0 Å². The van der Waals surface area contributed by atoms with Gasteiger partial charge in [-0.05, 0) is 48.6 Å². The van der Waals surface area contributed by atoms with Gasteiger partial charge in [0.25, 0.3) is 5.56 Å². The smallest absolute Gasteiger partial charge is 0.322 e. The Bertz CT molecular complexity index is 1140. The molecule has 1 aromatic heterocycles. The van der Waals surface area contributed by atoms with Gasteiger partial charge in [0.2, 0.25) is 0 Å². The second-order valence-corrected chi connectivity index (χ2v) is 7.91. The summed E-state index contributed by atoms with van der Waals surface area (Å²) in [5.41, 5.74) is 1.44. The summed E-state index contributed by atoms with van der Waals surface area (Å²) in [6.07, 6.45) is 1.79. The van der Waals surface area contributed by atoms with Crippen molar-refractivity contribution in [3.8, 4) is 5.75 Å². The molecule has 8 heteroatoms. The maximum absolute atomic E-state index is 13.1. The van der Waals surface area contributed by atoms with Gasteiger partial charge in [0, 0.05) is 24.8 Å². The molecule has 3 aromatic rings. The molecule has 0 spiro atoms. The Kier molecular flexibility index (Phi) is 6.44. The maximum Gasteiger partial charge on any atom is 0.322 e. The lowest BCUT2D eigenvalue weighted by atomic mass is 10.1. The van der Waals surface area contributed by atoms with E-state index < -0.39 is 0 Å². The number of rotatable bonds is 6.